The molecule has 0 amide bonds. The predicted octanol–water partition coefficient (Wildman–Crippen LogP) is 2.11. The van der Waals surface area contributed by atoms with Gasteiger partial charge in [-0.15, -0.1) is 0 Å². The maximum Gasteiger partial charge on any atom is -0.0398 e. The standard InChI is InChI=1S/C7H8.2H3P/c1-7-5-3-2-4-6-7;;/h2-6H,1H3;2*1H3. The van der Waals surface area contributed by atoms with Crippen LogP contribution in [0.15, 0.2) is 30.3 Å². The average molecular weight is 160 g/mol. The van der Waals surface area contributed by atoms with Gasteiger partial charge in [0.25, 0.3) is 0 Å². The highest BCUT2D eigenvalue weighted by atomic mass is 31.0. The van der Waals surface area contributed by atoms with Crippen LogP contribution in [0.5, 0.6) is 0 Å². The number of rotatable bonds is 0. The summed E-state index contributed by atoms with van der Waals surface area (Å²) in [7, 11) is 0. The first-order chi connectivity index (χ1) is 3.39. The molecule has 0 aromatic heterocycles. The van der Waals surface area contributed by atoms with Crippen molar-refractivity contribution in [2.24, 2.45) is 0 Å². The summed E-state index contributed by atoms with van der Waals surface area (Å²) in [5.41, 5.74) is 1.32. The molecule has 2 atom stereocenters. The van der Waals surface area contributed by atoms with Gasteiger partial charge in [0.05, 0.1) is 0 Å². The van der Waals surface area contributed by atoms with Gasteiger partial charge in [-0.3, -0.25) is 0 Å². The second-order valence-corrected chi connectivity index (χ2v) is 1.65. The molecule has 52 valence electrons. The Morgan fingerprint density at radius 3 is 1.56 bits per heavy atom. The molecule has 0 saturated heterocycles. The van der Waals surface area contributed by atoms with Crippen LogP contribution in [0.3, 0.4) is 0 Å². The van der Waals surface area contributed by atoms with E-state index in [1.54, 1.807) is 0 Å². The van der Waals surface area contributed by atoms with Crippen molar-refractivity contribution >= 4 is 19.8 Å². The zero-order chi connectivity index (χ0) is 5.11. The Labute approximate surface area is 63.3 Å². The summed E-state index contributed by atoms with van der Waals surface area (Å²) in [6, 6.07) is 10.3. The van der Waals surface area contributed by atoms with Crippen LogP contribution < -0.4 is 0 Å². The Hall–Kier alpha value is 0.0800. The number of hydrogen-bond donors (Lipinski definition) is 0. The number of benzene rings is 1. The molecule has 0 saturated carbocycles. The van der Waals surface area contributed by atoms with Crippen molar-refractivity contribution in [3.63, 3.8) is 0 Å². The van der Waals surface area contributed by atoms with Crippen molar-refractivity contribution in [3.8, 4) is 0 Å². The highest BCUT2D eigenvalue weighted by molar-refractivity contribution is 6.92. The van der Waals surface area contributed by atoms with Crippen LogP contribution in [0.2, 0.25) is 0 Å². The van der Waals surface area contributed by atoms with Gasteiger partial charge in [0.1, 0.15) is 0 Å². The fourth-order valence-electron chi connectivity index (χ4n) is 0.534. The topological polar surface area (TPSA) is 0 Å². The maximum absolute atomic E-state index is 2.08. The Morgan fingerprint density at radius 2 is 1.33 bits per heavy atom. The Balaban J connectivity index is 0. The van der Waals surface area contributed by atoms with Gasteiger partial charge in [0, 0.05) is 0 Å². The minimum Gasteiger partial charge on any atom is -0.153 e. The minimum absolute atomic E-state index is 0. The summed E-state index contributed by atoms with van der Waals surface area (Å²) in [4.78, 5) is 0. The molecule has 0 heterocycles. The Bertz CT molecular complexity index is 137. The smallest absolute Gasteiger partial charge is 0.0398 e. The SMILES string of the molecule is Cc1ccccc1.P.P. The third-order valence-corrected chi connectivity index (χ3v) is 0.940. The summed E-state index contributed by atoms with van der Waals surface area (Å²) >= 11 is 0. The summed E-state index contributed by atoms with van der Waals surface area (Å²) in [6.07, 6.45) is 0. The van der Waals surface area contributed by atoms with Gasteiger partial charge in [0.2, 0.25) is 0 Å². The molecule has 0 bridgehead atoms. The van der Waals surface area contributed by atoms with Gasteiger partial charge in [-0.2, -0.15) is 19.8 Å². The first kappa shape index (κ1) is 11.8. The Morgan fingerprint density at radius 1 is 0.889 bits per heavy atom. The zero-order valence-corrected chi connectivity index (χ0v) is 8.63. The first-order valence-corrected chi connectivity index (χ1v) is 2.41. The molecule has 1 aromatic carbocycles. The summed E-state index contributed by atoms with van der Waals surface area (Å²) < 4.78 is 0. The minimum atomic E-state index is 0. The first-order valence-electron chi connectivity index (χ1n) is 2.41. The van der Waals surface area contributed by atoms with E-state index in [1.165, 1.54) is 5.56 Å². The van der Waals surface area contributed by atoms with E-state index in [2.05, 4.69) is 19.1 Å². The fraction of sp³-hybridized carbons (Fsp3) is 0.143. The molecule has 0 radical (unpaired) electrons. The van der Waals surface area contributed by atoms with Gasteiger partial charge in [-0.05, 0) is 6.92 Å². The average Bonchev–Trinajstić information content (AvgIpc) is 1.69. The molecule has 0 aliphatic rings. The van der Waals surface area contributed by atoms with E-state index in [4.69, 9.17) is 0 Å². The van der Waals surface area contributed by atoms with Crippen molar-refractivity contribution in [2.75, 3.05) is 0 Å². The van der Waals surface area contributed by atoms with Gasteiger partial charge < -0.3 is 0 Å². The molecule has 0 spiro atoms. The quantitative estimate of drug-likeness (QED) is 0.510. The largest absolute Gasteiger partial charge is 0.153 e. The molecule has 2 unspecified atom stereocenters. The molecule has 0 fully saturated rings. The lowest BCUT2D eigenvalue weighted by atomic mass is 10.2. The van der Waals surface area contributed by atoms with E-state index in [-0.39, 0.29) is 19.8 Å². The van der Waals surface area contributed by atoms with Crippen LogP contribution in [-0.4, -0.2) is 0 Å². The third-order valence-electron chi connectivity index (χ3n) is 0.940. The predicted molar refractivity (Wildman–Crippen MR) is 53.4 cm³/mol. The molecule has 9 heavy (non-hydrogen) atoms. The van der Waals surface area contributed by atoms with E-state index < -0.39 is 0 Å². The summed E-state index contributed by atoms with van der Waals surface area (Å²) in [5, 5.41) is 0. The van der Waals surface area contributed by atoms with Gasteiger partial charge >= 0.3 is 0 Å². The molecular weight excluding hydrogens is 146 g/mol. The lowest BCUT2D eigenvalue weighted by Gasteiger charge is -1.82. The van der Waals surface area contributed by atoms with Crippen LogP contribution in [0.1, 0.15) is 5.56 Å². The van der Waals surface area contributed by atoms with Crippen LogP contribution in [0, 0.1) is 6.92 Å². The summed E-state index contributed by atoms with van der Waals surface area (Å²) in [6.45, 7) is 2.08. The molecule has 1 aromatic rings. The lowest BCUT2D eigenvalue weighted by Crippen LogP contribution is -1.62. The Kier molecular flexibility index (Phi) is 8.15. The van der Waals surface area contributed by atoms with Crippen molar-refractivity contribution < 1.29 is 0 Å². The highest BCUT2D eigenvalue weighted by Gasteiger charge is 1.72. The normalized spacial score (nSPS) is 6.78. The maximum atomic E-state index is 2.08. The molecule has 0 N–H and O–H groups in total. The number of hydrogen-bond acceptors (Lipinski definition) is 0. The second-order valence-electron chi connectivity index (χ2n) is 1.65. The van der Waals surface area contributed by atoms with Crippen LogP contribution >= 0.6 is 19.8 Å². The zero-order valence-electron chi connectivity index (χ0n) is 5.80. The molecule has 0 aliphatic carbocycles. The van der Waals surface area contributed by atoms with Crippen molar-refractivity contribution in [2.45, 2.75) is 6.92 Å². The molecule has 0 aliphatic heterocycles. The van der Waals surface area contributed by atoms with Crippen LogP contribution in [-0.2, 0) is 0 Å². The third kappa shape index (κ3) is 4.58. The van der Waals surface area contributed by atoms with Crippen molar-refractivity contribution in [3.05, 3.63) is 35.9 Å². The highest BCUT2D eigenvalue weighted by Crippen LogP contribution is 1.92. The molecule has 1 rings (SSSR count). The van der Waals surface area contributed by atoms with Gasteiger partial charge in [0.15, 0.2) is 0 Å². The van der Waals surface area contributed by atoms with E-state index in [0.717, 1.165) is 0 Å². The fourth-order valence-corrected chi connectivity index (χ4v) is 0.534. The molecule has 0 nitrogen and oxygen atoms in total. The molecular formula is C7H14P2. The van der Waals surface area contributed by atoms with Crippen LogP contribution in [0.25, 0.3) is 0 Å². The van der Waals surface area contributed by atoms with E-state index in [0.29, 0.717) is 0 Å². The van der Waals surface area contributed by atoms with E-state index in [1.807, 2.05) is 18.2 Å². The van der Waals surface area contributed by atoms with Gasteiger partial charge in [-0.1, -0.05) is 35.9 Å². The van der Waals surface area contributed by atoms with Crippen LogP contribution in [0.4, 0.5) is 0 Å². The lowest BCUT2D eigenvalue weighted by molar-refractivity contribution is 1.48. The van der Waals surface area contributed by atoms with E-state index >= 15 is 0 Å². The second kappa shape index (κ2) is 6.20. The van der Waals surface area contributed by atoms with Crippen molar-refractivity contribution in [1.29, 1.82) is 0 Å². The van der Waals surface area contributed by atoms with Gasteiger partial charge in [-0.25, -0.2) is 0 Å². The monoisotopic (exact) mass is 160 g/mol. The number of aryl methyl sites for hydroxylation is 1. The van der Waals surface area contributed by atoms with E-state index in [9.17, 15) is 0 Å². The summed E-state index contributed by atoms with van der Waals surface area (Å²) in [5.74, 6) is 0. The van der Waals surface area contributed by atoms with Crippen molar-refractivity contribution in [1.82, 2.24) is 0 Å². The molecule has 2 heteroatoms.